The summed E-state index contributed by atoms with van der Waals surface area (Å²) in [7, 11) is 0. The van der Waals surface area contributed by atoms with Crippen LogP contribution < -0.4 is 0 Å². The molecular formula is C14H20NO3+. The van der Waals surface area contributed by atoms with Crippen molar-refractivity contribution in [2.24, 2.45) is 0 Å². The van der Waals surface area contributed by atoms with Gasteiger partial charge in [0.1, 0.15) is 23.4 Å². The fourth-order valence-corrected chi connectivity index (χ4v) is 3.46. The summed E-state index contributed by atoms with van der Waals surface area (Å²) < 4.78 is 5.64. The van der Waals surface area contributed by atoms with E-state index in [2.05, 4.69) is 13.8 Å². The first kappa shape index (κ1) is 13.0. The van der Waals surface area contributed by atoms with E-state index < -0.39 is 0 Å². The Morgan fingerprint density at radius 1 is 1.33 bits per heavy atom. The Morgan fingerprint density at radius 2 is 1.89 bits per heavy atom. The third-order valence-electron chi connectivity index (χ3n) is 4.56. The average molecular weight is 250 g/mol. The Labute approximate surface area is 107 Å². The molecule has 0 aromatic rings. The number of carbonyl (C=O) groups excluding carboxylic acids is 2. The van der Waals surface area contributed by atoms with Gasteiger partial charge in [0.05, 0.1) is 6.61 Å². The summed E-state index contributed by atoms with van der Waals surface area (Å²) in [4.78, 5) is 23.4. The molecule has 0 saturated carbocycles. The van der Waals surface area contributed by atoms with E-state index >= 15 is 0 Å². The SMILES string of the molecule is CCOC(=O)C1=C(C)[N+]2(C(C=O)=C1C)C(C)[C@@H]2C. The Bertz CT molecular complexity index is 479. The lowest BCUT2D eigenvalue weighted by Crippen LogP contribution is -2.25. The number of esters is 1. The van der Waals surface area contributed by atoms with Gasteiger partial charge < -0.3 is 4.74 Å². The van der Waals surface area contributed by atoms with Crippen LogP contribution in [-0.2, 0) is 14.3 Å². The monoisotopic (exact) mass is 250 g/mol. The summed E-state index contributed by atoms with van der Waals surface area (Å²) in [5.41, 5.74) is 3.04. The largest absolute Gasteiger partial charge is 0.462 e. The van der Waals surface area contributed by atoms with Gasteiger partial charge >= 0.3 is 5.97 Å². The summed E-state index contributed by atoms with van der Waals surface area (Å²) in [6, 6.07) is 0.708. The molecule has 3 atom stereocenters. The molecule has 0 aromatic carbocycles. The van der Waals surface area contributed by atoms with Crippen LogP contribution in [0.15, 0.2) is 22.5 Å². The van der Waals surface area contributed by atoms with Crippen LogP contribution in [0.5, 0.6) is 0 Å². The molecule has 0 radical (unpaired) electrons. The molecule has 0 aliphatic carbocycles. The molecule has 1 saturated heterocycles. The lowest BCUT2D eigenvalue weighted by atomic mass is 10.1. The molecule has 0 amide bonds. The van der Waals surface area contributed by atoms with Crippen molar-refractivity contribution in [2.45, 2.75) is 46.7 Å². The van der Waals surface area contributed by atoms with Gasteiger partial charge in [-0.25, -0.2) is 9.28 Å². The molecule has 1 fully saturated rings. The van der Waals surface area contributed by atoms with Crippen molar-refractivity contribution in [1.82, 2.24) is 0 Å². The first-order valence-electron chi connectivity index (χ1n) is 6.38. The van der Waals surface area contributed by atoms with Crippen molar-refractivity contribution in [3.8, 4) is 0 Å². The van der Waals surface area contributed by atoms with Gasteiger partial charge in [0, 0.05) is 12.5 Å². The molecule has 0 bridgehead atoms. The zero-order valence-corrected chi connectivity index (χ0v) is 11.6. The summed E-state index contributed by atoms with van der Waals surface area (Å²) >= 11 is 0. The van der Waals surface area contributed by atoms with Crippen LogP contribution in [0, 0.1) is 0 Å². The van der Waals surface area contributed by atoms with E-state index in [0.717, 1.165) is 23.3 Å². The van der Waals surface area contributed by atoms with Crippen LogP contribution in [-0.4, -0.2) is 35.4 Å². The van der Waals surface area contributed by atoms with Crippen molar-refractivity contribution in [1.29, 1.82) is 0 Å². The number of aldehydes is 1. The molecule has 2 aliphatic rings. The maximum Gasteiger partial charge on any atom is 0.344 e. The van der Waals surface area contributed by atoms with Gasteiger partial charge in [0.25, 0.3) is 0 Å². The number of ether oxygens (including phenoxy) is 1. The summed E-state index contributed by atoms with van der Waals surface area (Å²) in [5, 5.41) is 0. The smallest absolute Gasteiger partial charge is 0.344 e. The Morgan fingerprint density at radius 3 is 2.22 bits per heavy atom. The van der Waals surface area contributed by atoms with Crippen LogP contribution in [0.3, 0.4) is 0 Å². The number of rotatable bonds is 3. The molecule has 2 rings (SSSR count). The van der Waals surface area contributed by atoms with E-state index in [1.165, 1.54) is 0 Å². The number of carbonyl (C=O) groups is 2. The third-order valence-corrected chi connectivity index (χ3v) is 4.56. The molecule has 0 aromatic heterocycles. The molecule has 4 heteroatoms. The standard InChI is InChI=1S/C14H20NO3/c1-6-18-14(17)13-8(2)12(7-16)15(11(13)5)9(3)10(15)4/h7,9-10H,6H2,1-5H3/q+1/t9-,10?,15?/m0/s1. The number of hydrogen-bond donors (Lipinski definition) is 0. The van der Waals surface area contributed by atoms with Crippen LogP contribution in [0.25, 0.3) is 0 Å². The minimum Gasteiger partial charge on any atom is -0.462 e. The van der Waals surface area contributed by atoms with Gasteiger partial charge in [-0.05, 0) is 27.7 Å². The first-order valence-corrected chi connectivity index (χ1v) is 6.38. The predicted octanol–water partition coefficient (Wildman–Crippen LogP) is 1.92. The molecule has 2 heterocycles. The highest BCUT2D eigenvalue weighted by molar-refractivity contribution is 5.97. The summed E-state index contributed by atoms with van der Waals surface area (Å²) in [6.45, 7) is 10.1. The van der Waals surface area contributed by atoms with E-state index in [0.29, 0.717) is 28.7 Å². The third kappa shape index (κ3) is 1.29. The highest BCUT2D eigenvalue weighted by atomic mass is 16.5. The van der Waals surface area contributed by atoms with Gasteiger partial charge in [0.2, 0.25) is 6.29 Å². The molecule has 0 N–H and O–H groups in total. The van der Waals surface area contributed by atoms with Gasteiger partial charge in [-0.1, -0.05) is 0 Å². The van der Waals surface area contributed by atoms with Crippen molar-refractivity contribution in [2.75, 3.05) is 6.61 Å². The lowest BCUT2D eigenvalue weighted by Gasteiger charge is -2.16. The molecule has 2 aliphatic heterocycles. The van der Waals surface area contributed by atoms with Gasteiger partial charge in [-0.15, -0.1) is 0 Å². The van der Waals surface area contributed by atoms with Crippen molar-refractivity contribution in [3.05, 3.63) is 22.5 Å². The fourth-order valence-electron chi connectivity index (χ4n) is 3.46. The number of allylic oxidation sites excluding steroid dienone is 2. The quantitative estimate of drug-likeness (QED) is 0.332. The van der Waals surface area contributed by atoms with E-state index in [1.54, 1.807) is 6.92 Å². The van der Waals surface area contributed by atoms with E-state index in [-0.39, 0.29) is 5.97 Å². The summed E-state index contributed by atoms with van der Waals surface area (Å²) in [6.07, 6.45) is 0.894. The predicted molar refractivity (Wildman–Crippen MR) is 67.3 cm³/mol. The second kappa shape index (κ2) is 4.05. The van der Waals surface area contributed by atoms with Crippen molar-refractivity contribution >= 4 is 12.3 Å². The topological polar surface area (TPSA) is 43.4 Å². The minimum atomic E-state index is -0.312. The fraction of sp³-hybridized carbons (Fsp3) is 0.571. The van der Waals surface area contributed by atoms with Crippen LogP contribution in [0.1, 0.15) is 34.6 Å². The Hall–Kier alpha value is -1.42. The van der Waals surface area contributed by atoms with Gasteiger partial charge in [0.15, 0.2) is 5.70 Å². The highest BCUT2D eigenvalue weighted by Gasteiger charge is 2.68. The number of nitrogens with zero attached hydrogens (tertiary/aromatic N) is 1. The molecule has 18 heavy (non-hydrogen) atoms. The maximum absolute atomic E-state index is 12.0. The second-order valence-electron chi connectivity index (χ2n) is 5.07. The molecule has 1 spiro atoms. The van der Waals surface area contributed by atoms with Crippen LogP contribution in [0.4, 0.5) is 0 Å². The van der Waals surface area contributed by atoms with Gasteiger partial charge in [-0.2, -0.15) is 0 Å². The molecule has 2 unspecified atom stereocenters. The van der Waals surface area contributed by atoms with Crippen LogP contribution >= 0.6 is 0 Å². The van der Waals surface area contributed by atoms with Crippen LogP contribution in [0.2, 0.25) is 0 Å². The zero-order valence-electron chi connectivity index (χ0n) is 11.6. The van der Waals surface area contributed by atoms with E-state index in [1.807, 2.05) is 13.8 Å². The minimum absolute atomic E-state index is 0.312. The zero-order chi connectivity index (χ0) is 13.7. The number of quaternary nitrogens is 1. The summed E-state index contributed by atoms with van der Waals surface area (Å²) in [5.74, 6) is -0.312. The number of hydrogen-bond acceptors (Lipinski definition) is 3. The van der Waals surface area contributed by atoms with Crippen molar-refractivity contribution < 1.29 is 18.8 Å². The normalized spacial score (nSPS) is 34.3. The lowest BCUT2D eigenvalue weighted by molar-refractivity contribution is -0.734. The average Bonchev–Trinajstić information content (AvgIpc) is 2.77. The second-order valence-corrected chi connectivity index (χ2v) is 5.07. The Balaban J connectivity index is 2.54. The Kier molecular flexibility index (Phi) is 2.93. The van der Waals surface area contributed by atoms with E-state index in [4.69, 9.17) is 4.74 Å². The molecular weight excluding hydrogens is 230 g/mol. The molecule has 98 valence electrons. The molecule has 4 nitrogen and oxygen atoms in total. The first-order chi connectivity index (χ1) is 8.44. The maximum atomic E-state index is 12.0. The van der Waals surface area contributed by atoms with Crippen molar-refractivity contribution in [3.63, 3.8) is 0 Å². The van der Waals surface area contributed by atoms with Gasteiger partial charge in [-0.3, -0.25) is 4.79 Å². The highest BCUT2D eigenvalue weighted by Crippen LogP contribution is 2.55. The van der Waals surface area contributed by atoms with E-state index in [9.17, 15) is 9.59 Å².